The second-order valence-corrected chi connectivity index (χ2v) is 4.56. The fourth-order valence-corrected chi connectivity index (χ4v) is 2.26. The first-order valence-electron chi connectivity index (χ1n) is 5.47. The molecule has 1 atom stereocenters. The first-order chi connectivity index (χ1) is 7.68. The Morgan fingerprint density at radius 2 is 2.00 bits per heavy atom. The van der Waals surface area contributed by atoms with Gasteiger partial charge in [0.25, 0.3) is 0 Å². The fourth-order valence-electron chi connectivity index (χ4n) is 2.07. The molecule has 2 N–H and O–H groups in total. The molecule has 1 fully saturated rings. The monoisotopic (exact) mass is 279 g/mol. The molecule has 1 aromatic carbocycles. The van der Waals surface area contributed by atoms with Gasteiger partial charge in [0, 0.05) is 19.3 Å². The predicted molar refractivity (Wildman–Crippen MR) is 69.1 cm³/mol. The molecular weight excluding hydrogens is 264 g/mol. The number of benzene rings is 1. The van der Waals surface area contributed by atoms with Crippen molar-refractivity contribution in [2.75, 3.05) is 13.2 Å². The third-order valence-corrected chi connectivity index (χ3v) is 3.39. The van der Waals surface area contributed by atoms with Crippen LogP contribution in [0.5, 0.6) is 0 Å². The Labute approximate surface area is 112 Å². The summed E-state index contributed by atoms with van der Waals surface area (Å²) in [4.78, 5) is 0. The van der Waals surface area contributed by atoms with Gasteiger partial charge in [-0.25, -0.2) is 4.39 Å². The van der Waals surface area contributed by atoms with Gasteiger partial charge in [-0.2, -0.15) is 0 Å². The van der Waals surface area contributed by atoms with Gasteiger partial charge in [-0.3, -0.25) is 0 Å². The van der Waals surface area contributed by atoms with Gasteiger partial charge < -0.3 is 10.5 Å². The maximum absolute atomic E-state index is 13.0. The summed E-state index contributed by atoms with van der Waals surface area (Å²) < 4.78 is 18.3. The maximum atomic E-state index is 13.0. The van der Waals surface area contributed by atoms with Gasteiger partial charge in [0.1, 0.15) is 5.82 Å². The minimum atomic E-state index is -0.399. The summed E-state index contributed by atoms with van der Waals surface area (Å²) in [6.45, 7) is 1.51. The van der Waals surface area contributed by atoms with E-state index < -0.39 is 5.82 Å². The van der Waals surface area contributed by atoms with Crippen LogP contribution in [0.2, 0.25) is 5.02 Å². The Morgan fingerprint density at radius 3 is 2.59 bits per heavy atom. The van der Waals surface area contributed by atoms with Crippen LogP contribution in [0, 0.1) is 11.7 Å². The highest BCUT2D eigenvalue weighted by molar-refractivity contribution is 6.30. The van der Waals surface area contributed by atoms with E-state index in [1.807, 2.05) is 0 Å². The Hall–Kier alpha value is -0.350. The quantitative estimate of drug-likeness (QED) is 0.901. The van der Waals surface area contributed by atoms with Crippen LogP contribution in [-0.2, 0) is 4.74 Å². The topological polar surface area (TPSA) is 35.2 Å². The van der Waals surface area contributed by atoms with Crippen molar-refractivity contribution < 1.29 is 9.13 Å². The lowest BCUT2D eigenvalue weighted by Gasteiger charge is -2.27. The average molecular weight is 280 g/mol. The van der Waals surface area contributed by atoms with Gasteiger partial charge in [-0.15, -0.1) is 12.4 Å². The van der Waals surface area contributed by atoms with Gasteiger partial charge in [0.15, 0.2) is 0 Å². The molecule has 1 aliphatic rings. The molecule has 2 rings (SSSR count). The zero-order chi connectivity index (χ0) is 11.5. The zero-order valence-electron chi connectivity index (χ0n) is 9.36. The van der Waals surface area contributed by atoms with E-state index >= 15 is 0 Å². The molecule has 0 unspecified atom stereocenters. The van der Waals surface area contributed by atoms with E-state index in [4.69, 9.17) is 22.1 Å². The van der Waals surface area contributed by atoms with Crippen molar-refractivity contribution in [1.29, 1.82) is 0 Å². The molecule has 0 radical (unpaired) electrons. The lowest BCUT2D eigenvalue weighted by Crippen LogP contribution is -2.27. The minimum absolute atomic E-state index is 0. The molecule has 0 aromatic heterocycles. The van der Waals surface area contributed by atoms with Crippen LogP contribution in [0.1, 0.15) is 24.4 Å². The predicted octanol–water partition coefficient (Wildman–Crippen LogP) is 3.33. The number of nitrogens with two attached hydrogens (primary N) is 1. The van der Waals surface area contributed by atoms with Crippen LogP contribution in [-0.4, -0.2) is 13.2 Å². The summed E-state index contributed by atoms with van der Waals surface area (Å²) in [6, 6.07) is 4.62. The number of hydrogen-bond donors (Lipinski definition) is 1. The molecule has 0 aliphatic carbocycles. The molecule has 96 valence electrons. The van der Waals surface area contributed by atoms with E-state index in [0.717, 1.165) is 31.6 Å². The van der Waals surface area contributed by atoms with E-state index in [9.17, 15) is 4.39 Å². The Balaban J connectivity index is 0.00000144. The van der Waals surface area contributed by atoms with E-state index in [1.54, 1.807) is 12.1 Å². The highest BCUT2D eigenvalue weighted by atomic mass is 35.5. The van der Waals surface area contributed by atoms with E-state index in [1.165, 1.54) is 6.07 Å². The number of hydrogen-bond acceptors (Lipinski definition) is 2. The Bertz CT molecular complexity index is 370. The summed E-state index contributed by atoms with van der Waals surface area (Å²) >= 11 is 5.74. The van der Waals surface area contributed by atoms with E-state index in [-0.39, 0.29) is 23.5 Å². The van der Waals surface area contributed by atoms with Crippen molar-refractivity contribution >= 4 is 24.0 Å². The second kappa shape index (κ2) is 6.55. The van der Waals surface area contributed by atoms with Gasteiger partial charge in [-0.05, 0) is 36.5 Å². The smallest absolute Gasteiger partial charge is 0.141 e. The molecule has 0 spiro atoms. The van der Waals surface area contributed by atoms with Crippen LogP contribution in [0.3, 0.4) is 0 Å². The third kappa shape index (κ3) is 3.55. The SMILES string of the molecule is Cl.N[C@@H](c1ccc(F)c(Cl)c1)C1CCOCC1. The first-order valence-corrected chi connectivity index (χ1v) is 5.84. The molecular formula is C12H16Cl2FNO. The van der Waals surface area contributed by atoms with Crippen molar-refractivity contribution in [1.82, 2.24) is 0 Å². The number of ether oxygens (including phenoxy) is 1. The van der Waals surface area contributed by atoms with Crippen molar-refractivity contribution in [3.63, 3.8) is 0 Å². The van der Waals surface area contributed by atoms with Crippen LogP contribution >= 0.6 is 24.0 Å². The van der Waals surface area contributed by atoms with Crippen LogP contribution < -0.4 is 5.73 Å². The van der Waals surface area contributed by atoms with Crippen molar-refractivity contribution in [3.8, 4) is 0 Å². The minimum Gasteiger partial charge on any atom is -0.381 e. The highest BCUT2D eigenvalue weighted by Gasteiger charge is 2.22. The lowest BCUT2D eigenvalue weighted by molar-refractivity contribution is 0.0584. The molecule has 0 amide bonds. The summed E-state index contributed by atoms with van der Waals surface area (Å²) in [7, 11) is 0. The van der Waals surface area contributed by atoms with Crippen molar-refractivity contribution in [2.45, 2.75) is 18.9 Å². The number of rotatable bonds is 2. The third-order valence-electron chi connectivity index (χ3n) is 3.10. The summed E-state index contributed by atoms with van der Waals surface area (Å²) in [5.74, 6) is -0.000118. The van der Waals surface area contributed by atoms with Crippen molar-refractivity contribution in [3.05, 3.63) is 34.6 Å². The van der Waals surface area contributed by atoms with E-state index in [2.05, 4.69) is 0 Å². The van der Waals surface area contributed by atoms with Gasteiger partial charge in [0.2, 0.25) is 0 Å². The normalized spacial score (nSPS) is 18.5. The Kier molecular flexibility index (Phi) is 5.67. The highest BCUT2D eigenvalue weighted by Crippen LogP contribution is 2.29. The molecule has 0 saturated carbocycles. The molecule has 2 nitrogen and oxygen atoms in total. The Morgan fingerprint density at radius 1 is 1.35 bits per heavy atom. The average Bonchev–Trinajstić information content (AvgIpc) is 2.33. The first kappa shape index (κ1) is 14.7. The second-order valence-electron chi connectivity index (χ2n) is 4.15. The molecule has 1 saturated heterocycles. The van der Waals surface area contributed by atoms with Gasteiger partial charge >= 0.3 is 0 Å². The maximum Gasteiger partial charge on any atom is 0.141 e. The molecule has 1 aromatic rings. The van der Waals surface area contributed by atoms with Crippen LogP contribution in [0.25, 0.3) is 0 Å². The summed E-state index contributed by atoms with van der Waals surface area (Å²) in [5.41, 5.74) is 7.05. The molecule has 1 heterocycles. The molecule has 0 bridgehead atoms. The zero-order valence-corrected chi connectivity index (χ0v) is 10.9. The summed E-state index contributed by atoms with van der Waals surface area (Å²) in [5, 5.41) is 0.139. The molecule has 5 heteroatoms. The lowest BCUT2D eigenvalue weighted by atomic mass is 9.88. The van der Waals surface area contributed by atoms with Crippen LogP contribution in [0.15, 0.2) is 18.2 Å². The summed E-state index contributed by atoms with van der Waals surface area (Å²) in [6.07, 6.45) is 1.91. The molecule has 17 heavy (non-hydrogen) atoms. The van der Waals surface area contributed by atoms with Crippen molar-refractivity contribution in [2.24, 2.45) is 11.7 Å². The van der Waals surface area contributed by atoms with Crippen LogP contribution in [0.4, 0.5) is 4.39 Å². The van der Waals surface area contributed by atoms with Gasteiger partial charge in [-0.1, -0.05) is 17.7 Å². The molecule has 1 aliphatic heterocycles. The number of halogens is 3. The van der Waals surface area contributed by atoms with Gasteiger partial charge in [0.05, 0.1) is 5.02 Å². The standard InChI is InChI=1S/C12H15ClFNO.ClH/c13-10-7-9(1-2-11(10)14)12(15)8-3-5-16-6-4-8;/h1-2,7-8,12H,3-6,15H2;1H/t12-;/m1./s1. The largest absolute Gasteiger partial charge is 0.381 e. The van der Waals surface area contributed by atoms with E-state index in [0.29, 0.717) is 5.92 Å². The fraction of sp³-hybridized carbons (Fsp3) is 0.500.